The van der Waals surface area contributed by atoms with Crippen molar-refractivity contribution in [1.29, 1.82) is 0 Å². The maximum absolute atomic E-state index is 14.2. The van der Waals surface area contributed by atoms with Crippen LogP contribution in [0.5, 0.6) is 17.2 Å². The molecule has 2 aromatic carbocycles. The predicted molar refractivity (Wildman–Crippen MR) is 130 cm³/mol. The minimum Gasteiger partial charge on any atom is -0.502 e. The summed E-state index contributed by atoms with van der Waals surface area (Å²) in [6.45, 7) is 2.35. The van der Waals surface area contributed by atoms with Gasteiger partial charge in [0, 0.05) is 18.9 Å². The van der Waals surface area contributed by atoms with E-state index in [0.29, 0.717) is 12.1 Å². The summed E-state index contributed by atoms with van der Waals surface area (Å²) < 4.78 is 26.7. The molecule has 1 amide bonds. The number of halogens is 1. The van der Waals surface area contributed by atoms with Crippen LogP contribution in [0.1, 0.15) is 35.7 Å². The third kappa shape index (κ3) is 4.41. The van der Waals surface area contributed by atoms with Crippen molar-refractivity contribution < 1.29 is 23.8 Å². The third-order valence-electron chi connectivity index (χ3n) is 6.12. The molecule has 0 bridgehead atoms. The van der Waals surface area contributed by atoms with Gasteiger partial charge in [0.05, 0.1) is 27.2 Å². The van der Waals surface area contributed by atoms with Gasteiger partial charge in [-0.3, -0.25) is 4.79 Å². The Labute approximate surface area is 197 Å². The first-order valence-electron chi connectivity index (χ1n) is 10.9. The van der Waals surface area contributed by atoms with E-state index in [1.807, 2.05) is 42.9 Å². The van der Waals surface area contributed by atoms with Crippen LogP contribution >= 0.6 is 0 Å². The van der Waals surface area contributed by atoms with Gasteiger partial charge in [-0.15, -0.1) is 0 Å². The van der Waals surface area contributed by atoms with Crippen molar-refractivity contribution in [3.05, 3.63) is 82.4 Å². The zero-order valence-corrected chi connectivity index (χ0v) is 19.6. The lowest BCUT2D eigenvalue weighted by Gasteiger charge is -2.11. The van der Waals surface area contributed by atoms with Crippen molar-refractivity contribution in [2.75, 3.05) is 14.2 Å². The van der Waals surface area contributed by atoms with Crippen LogP contribution in [0.15, 0.2) is 54.2 Å². The lowest BCUT2D eigenvalue weighted by atomic mass is 10.00. The van der Waals surface area contributed by atoms with Crippen molar-refractivity contribution in [3.63, 3.8) is 0 Å². The molecule has 0 fully saturated rings. The highest BCUT2D eigenvalue weighted by atomic mass is 19.1. The summed E-state index contributed by atoms with van der Waals surface area (Å²) in [5, 5.41) is 13.2. The average molecular weight is 463 g/mol. The Morgan fingerprint density at radius 1 is 1.12 bits per heavy atom. The van der Waals surface area contributed by atoms with E-state index in [1.165, 1.54) is 26.4 Å². The van der Waals surface area contributed by atoms with E-state index in [4.69, 9.17) is 9.47 Å². The van der Waals surface area contributed by atoms with E-state index < -0.39 is 0 Å². The summed E-state index contributed by atoms with van der Waals surface area (Å²) in [5.41, 5.74) is 5.82. The van der Waals surface area contributed by atoms with Crippen LogP contribution in [0, 0.1) is 5.82 Å². The fourth-order valence-electron chi connectivity index (χ4n) is 4.24. The van der Waals surface area contributed by atoms with Crippen molar-refractivity contribution in [2.45, 2.75) is 19.9 Å². The number of amides is 1. The molecule has 0 atom stereocenters. The second kappa shape index (κ2) is 9.47. The second-order valence-electron chi connectivity index (χ2n) is 8.19. The summed E-state index contributed by atoms with van der Waals surface area (Å²) >= 11 is 0. The van der Waals surface area contributed by atoms with Gasteiger partial charge in [-0.1, -0.05) is 6.07 Å². The topological polar surface area (TPSA) is 72.7 Å². The van der Waals surface area contributed by atoms with Crippen LogP contribution in [0.2, 0.25) is 0 Å². The number of methoxy groups -OCH3 is 2. The molecule has 3 aromatic rings. The highest BCUT2D eigenvalue weighted by Gasteiger charge is 2.26. The number of phenolic OH excluding ortho intramolecular Hbond substituents is 1. The molecule has 1 aliphatic carbocycles. The van der Waals surface area contributed by atoms with Gasteiger partial charge < -0.3 is 24.5 Å². The Morgan fingerprint density at radius 2 is 1.82 bits per heavy atom. The van der Waals surface area contributed by atoms with Crippen LogP contribution in [0.3, 0.4) is 0 Å². The summed E-state index contributed by atoms with van der Waals surface area (Å²) in [7, 11) is 4.86. The van der Waals surface area contributed by atoms with Crippen molar-refractivity contribution in [3.8, 4) is 17.2 Å². The highest BCUT2D eigenvalue weighted by molar-refractivity contribution is 6.08. The molecule has 1 aliphatic rings. The Bertz CT molecular complexity index is 1290. The summed E-state index contributed by atoms with van der Waals surface area (Å²) in [5.74, 6) is -0.0118. The number of carbonyl (C=O) groups is 1. The second-order valence-corrected chi connectivity index (χ2v) is 8.19. The van der Waals surface area contributed by atoms with E-state index in [9.17, 15) is 14.3 Å². The fraction of sp³-hybridized carbons (Fsp3) is 0.222. The standard InChI is InChI=1S/C27H27FN2O4/c1-16-21(10-17-11-24(33-3)27(32)25(12-17)34-4)20-8-7-18(28)13-23(20)22(16)14-26(31)29-15-19-6-5-9-30(19)2/h5-13,32H,14-15H2,1-4H3,(H,29,31). The maximum Gasteiger partial charge on any atom is 0.224 e. The molecular formula is C27H27FN2O4. The SMILES string of the molecule is COc1cc(C=C2C(C)=C(CC(=O)NCc3cccn3C)c3cc(F)ccc32)cc(OC)c1O. The molecule has 0 unspecified atom stereocenters. The van der Waals surface area contributed by atoms with Gasteiger partial charge in [0.2, 0.25) is 11.7 Å². The molecular weight excluding hydrogens is 435 g/mol. The van der Waals surface area contributed by atoms with Crippen molar-refractivity contribution in [2.24, 2.45) is 7.05 Å². The van der Waals surface area contributed by atoms with Crippen LogP contribution in [0.4, 0.5) is 4.39 Å². The summed E-state index contributed by atoms with van der Waals surface area (Å²) in [6, 6.07) is 11.9. The molecule has 0 saturated carbocycles. The number of aromatic nitrogens is 1. The Hall–Kier alpha value is -4.00. The first-order valence-corrected chi connectivity index (χ1v) is 10.9. The third-order valence-corrected chi connectivity index (χ3v) is 6.12. The van der Waals surface area contributed by atoms with Crippen LogP contribution < -0.4 is 14.8 Å². The minimum absolute atomic E-state index is 0.0797. The number of ether oxygens (including phenoxy) is 2. The molecule has 4 rings (SSSR count). The van der Waals surface area contributed by atoms with Gasteiger partial charge in [-0.2, -0.15) is 0 Å². The van der Waals surface area contributed by atoms with Gasteiger partial charge >= 0.3 is 0 Å². The van der Waals surface area contributed by atoms with Gasteiger partial charge in [-0.05, 0) is 82.8 Å². The number of nitrogens with one attached hydrogen (secondary N) is 1. The number of aromatic hydroxyl groups is 1. The molecule has 1 heterocycles. The molecule has 176 valence electrons. The minimum atomic E-state index is -0.359. The quantitative estimate of drug-likeness (QED) is 0.523. The van der Waals surface area contributed by atoms with Crippen molar-refractivity contribution in [1.82, 2.24) is 9.88 Å². The molecule has 0 spiro atoms. The number of carbonyl (C=O) groups excluding carboxylic acids is 1. The number of nitrogens with zero attached hydrogens (tertiary/aromatic N) is 1. The number of aryl methyl sites for hydroxylation is 1. The van der Waals surface area contributed by atoms with Gasteiger partial charge in [0.25, 0.3) is 0 Å². The molecule has 0 saturated heterocycles. The zero-order chi connectivity index (χ0) is 24.4. The molecule has 0 aliphatic heterocycles. The Kier molecular flexibility index (Phi) is 6.45. The summed E-state index contributed by atoms with van der Waals surface area (Å²) in [4.78, 5) is 12.8. The molecule has 2 N–H and O–H groups in total. The zero-order valence-electron chi connectivity index (χ0n) is 19.6. The summed E-state index contributed by atoms with van der Waals surface area (Å²) in [6.07, 6.45) is 3.98. The van der Waals surface area contributed by atoms with Crippen LogP contribution in [0.25, 0.3) is 17.2 Å². The molecule has 0 radical (unpaired) electrons. The number of fused-ring (bicyclic) bond motifs is 1. The average Bonchev–Trinajstić information content (AvgIpc) is 3.34. The number of benzene rings is 2. The molecule has 6 nitrogen and oxygen atoms in total. The smallest absolute Gasteiger partial charge is 0.224 e. The molecule has 34 heavy (non-hydrogen) atoms. The lowest BCUT2D eigenvalue weighted by molar-refractivity contribution is -0.120. The first kappa shape index (κ1) is 23.2. The van der Waals surface area contributed by atoms with E-state index in [-0.39, 0.29) is 35.4 Å². The Morgan fingerprint density at radius 3 is 2.44 bits per heavy atom. The number of hydrogen-bond donors (Lipinski definition) is 2. The monoisotopic (exact) mass is 462 g/mol. The van der Waals surface area contributed by atoms with Crippen molar-refractivity contribution >= 4 is 23.1 Å². The molecule has 7 heteroatoms. The largest absolute Gasteiger partial charge is 0.502 e. The van der Waals surface area contributed by atoms with Crippen LogP contribution in [-0.2, 0) is 18.4 Å². The normalized spacial score (nSPS) is 13.9. The lowest BCUT2D eigenvalue weighted by Crippen LogP contribution is -2.23. The van der Waals surface area contributed by atoms with Gasteiger partial charge in [-0.25, -0.2) is 4.39 Å². The number of hydrogen-bond acceptors (Lipinski definition) is 4. The number of phenols is 1. The van der Waals surface area contributed by atoms with Crippen LogP contribution in [-0.4, -0.2) is 29.8 Å². The highest BCUT2D eigenvalue weighted by Crippen LogP contribution is 2.45. The molecule has 1 aromatic heterocycles. The van der Waals surface area contributed by atoms with E-state index >= 15 is 0 Å². The van der Waals surface area contributed by atoms with E-state index in [2.05, 4.69) is 5.32 Å². The number of rotatable bonds is 7. The maximum atomic E-state index is 14.2. The van der Waals surface area contributed by atoms with E-state index in [0.717, 1.165) is 33.5 Å². The first-order chi connectivity index (χ1) is 16.3. The Balaban J connectivity index is 1.69. The van der Waals surface area contributed by atoms with Gasteiger partial charge in [0.1, 0.15) is 5.82 Å². The fourth-order valence-corrected chi connectivity index (χ4v) is 4.24. The number of allylic oxidation sites excluding steroid dienone is 2. The predicted octanol–water partition coefficient (Wildman–Crippen LogP) is 4.92. The van der Waals surface area contributed by atoms with E-state index in [1.54, 1.807) is 18.2 Å². The van der Waals surface area contributed by atoms with Gasteiger partial charge in [0.15, 0.2) is 11.5 Å².